The van der Waals surface area contributed by atoms with Crippen molar-refractivity contribution in [1.82, 2.24) is 0 Å². The summed E-state index contributed by atoms with van der Waals surface area (Å²) in [5.41, 5.74) is 5.65. The molecule has 0 amide bonds. The van der Waals surface area contributed by atoms with Gasteiger partial charge in [-0.2, -0.15) is 0 Å². The number of fused-ring (bicyclic) bond motifs is 9. The molecule has 4 atom stereocenters. The van der Waals surface area contributed by atoms with Crippen molar-refractivity contribution in [3.8, 4) is 22.6 Å². The second-order valence-corrected chi connectivity index (χ2v) is 6.94. The van der Waals surface area contributed by atoms with E-state index in [4.69, 9.17) is 14.2 Å². The molecule has 0 radical (unpaired) electrons. The lowest BCUT2D eigenvalue weighted by molar-refractivity contribution is 0.102. The van der Waals surface area contributed by atoms with Crippen molar-refractivity contribution in [2.24, 2.45) is 0 Å². The molecule has 122 valence electrons. The highest BCUT2D eigenvalue weighted by atomic mass is 16.6. The van der Waals surface area contributed by atoms with Crippen LogP contribution in [0.25, 0.3) is 11.1 Å². The first-order valence-corrected chi connectivity index (χ1v) is 8.31. The van der Waals surface area contributed by atoms with Gasteiger partial charge in [0, 0.05) is 11.1 Å². The van der Waals surface area contributed by atoms with Crippen molar-refractivity contribution >= 4 is 0 Å². The number of ether oxygens (including phenoxy) is 3. The molecule has 2 saturated heterocycles. The molecule has 3 aliphatic heterocycles. The Morgan fingerprint density at radius 2 is 1.58 bits per heavy atom. The van der Waals surface area contributed by atoms with Crippen molar-refractivity contribution in [2.75, 3.05) is 13.2 Å². The molecule has 4 aliphatic rings. The third-order valence-corrected chi connectivity index (χ3v) is 5.59. The number of benzene rings is 2. The van der Waals surface area contributed by atoms with Crippen LogP contribution in [0.2, 0.25) is 0 Å². The van der Waals surface area contributed by atoms with Crippen molar-refractivity contribution in [2.45, 2.75) is 30.8 Å². The monoisotopic (exact) mass is 324 g/mol. The first-order valence-electron chi connectivity index (χ1n) is 8.31. The van der Waals surface area contributed by atoms with E-state index < -0.39 is 0 Å². The SMILES string of the molecule is Oc1c(O)c2c(c3c1-c1ccccc1C3)C1OC1COCC1OC21. The van der Waals surface area contributed by atoms with Gasteiger partial charge >= 0.3 is 0 Å². The van der Waals surface area contributed by atoms with Crippen LogP contribution in [0, 0.1) is 0 Å². The fourth-order valence-corrected chi connectivity index (χ4v) is 4.36. The third kappa shape index (κ3) is 1.59. The molecule has 4 unspecified atom stereocenters. The molecular formula is C19H16O5. The molecule has 2 fully saturated rings. The maximum Gasteiger partial charge on any atom is 0.166 e. The first kappa shape index (κ1) is 13.2. The molecule has 5 nitrogen and oxygen atoms in total. The van der Waals surface area contributed by atoms with Gasteiger partial charge in [0.05, 0.1) is 13.2 Å². The van der Waals surface area contributed by atoms with E-state index in [0.29, 0.717) is 18.8 Å². The van der Waals surface area contributed by atoms with Crippen molar-refractivity contribution in [1.29, 1.82) is 0 Å². The molecule has 0 bridgehead atoms. The summed E-state index contributed by atoms with van der Waals surface area (Å²) in [5.74, 6) is -0.107. The summed E-state index contributed by atoms with van der Waals surface area (Å²) in [6, 6.07) is 8.02. The minimum atomic E-state index is -0.220. The lowest BCUT2D eigenvalue weighted by atomic mass is 9.89. The normalized spacial score (nSPS) is 31.5. The lowest BCUT2D eigenvalue weighted by Crippen LogP contribution is -2.06. The summed E-state index contributed by atoms with van der Waals surface area (Å²) in [4.78, 5) is 0. The maximum absolute atomic E-state index is 10.7. The smallest absolute Gasteiger partial charge is 0.166 e. The topological polar surface area (TPSA) is 74.8 Å². The van der Waals surface area contributed by atoms with Crippen LogP contribution in [0.4, 0.5) is 0 Å². The summed E-state index contributed by atoms with van der Waals surface area (Å²) in [7, 11) is 0. The Kier molecular flexibility index (Phi) is 2.37. The zero-order valence-corrected chi connectivity index (χ0v) is 12.9. The fraction of sp³-hybridized carbons (Fsp3) is 0.368. The lowest BCUT2D eigenvalue weighted by Gasteiger charge is -2.16. The van der Waals surface area contributed by atoms with Crippen LogP contribution < -0.4 is 0 Å². The van der Waals surface area contributed by atoms with E-state index in [1.165, 1.54) is 0 Å². The van der Waals surface area contributed by atoms with Crippen molar-refractivity contribution in [3.05, 3.63) is 46.5 Å². The first-order chi connectivity index (χ1) is 11.7. The predicted molar refractivity (Wildman–Crippen MR) is 84.1 cm³/mol. The number of rotatable bonds is 0. The molecular weight excluding hydrogens is 308 g/mol. The van der Waals surface area contributed by atoms with Crippen molar-refractivity contribution < 1.29 is 24.4 Å². The van der Waals surface area contributed by atoms with Gasteiger partial charge in [-0.1, -0.05) is 24.3 Å². The maximum atomic E-state index is 10.7. The second kappa shape index (κ2) is 4.30. The Labute approximate surface area is 138 Å². The Bertz CT molecular complexity index is 890. The number of phenolic OH excluding ortho intramolecular Hbond substituents is 2. The van der Waals surface area contributed by atoms with Gasteiger partial charge in [-0.25, -0.2) is 0 Å². The Balaban J connectivity index is 1.65. The highest BCUT2D eigenvalue weighted by molar-refractivity contribution is 5.86. The van der Waals surface area contributed by atoms with Gasteiger partial charge in [0.25, 0.3) is 0 Å². The van der Waals surface area contributed by atoms with E-state index in [-0.39, 0.29) is 35.9 Å². The zero-order chi connectivity index (χ0) is 16.0. The molecule has 5 heteroatoms. The molecule has 2 aromatic carbocycles. The molecule has 6 rings (SSSR count). The average molecular weight is 324 g/mol. The van der Waals surface area contributed by atoms with Crippen LogP contribution in [0.15, 0.2) is 24.3 Å². The van der Waals surface area contributed by atoms with Crippen LogP contribution in [-0.2, 0) is 20.6 Å². The van der Waals surface area contributed by atoms with Gasteiger partial charge < -0.3 is 24.4 Å². The van der Waals surface area contributed by atoms with E-state index >= 15 is 0 Å². The highest BCUT2D eigenvalue weighted by Gasteiger charge is 2.53. The van der Waals surface area contributed by atoms with Gasteiger partial charge in [-0.3, -0.25) is 0 Å². The largest absolute Gasteiger partial charge is 0.504 e. The van der Waals surface area contributed by atoms with Crippen LogP contribution >= 0.6 is 0 Å². The second-order valence-electron chi connectivity index (χ2n) is 6.94. The number of hydrogen-bond donors (Lipinski definition) is 2. The van der Waals surface area contributed by atoms with E-state index in [2.05, 4.69) is 6.07 Å². The van der Waals surface area contributed by atoms with Gasteiger partial charge in [0.15, 0.2) is 11.5 Å². The van der Waals surface area contributed by atoms with Crippen LogP contribution in [0.1, 0.15) is 34.5 Å². The van der Waals surface area contributed by atoms with Gasteiger partial charge in [0.2, 0.25) is 0 Å². The summed E-state index contributed by atoms with van der Waals surface area (Å²) < 4.78 is 17.2. The molecule has 3 heterocycles. The van der Waals surface area contributed by atoms with Crippen LogP contribution in [0.3, 0.4) is 0 Å². The van der Waals surface area contributed by atoms with E-state index in [0.717, 1.165) is 34.2 Å². The van der Waals surface area contributed by atoms with Gasteiger partial charge in [-0.15, -0.1) is 0 Å². The Morgan fingerprint density at radius 3 is 2.38 bits per heavy atom. The Hall–Kier alpha value is -2.08. The number of phenols is 2. The third-order valence-electron chi connectivity index (χ3n) is 5.59. The van der Waals surface area contributed by atoms with Crippen LogP contribution in [0.5, 0.6) is 11.5 Å². The molecule has 2 N–H and O–H groups in total. The Morgan fingerprint density at radius 1 is 0.875 bits per heavy atom. The quantitative estimate of drug-likeness (QED) is 0.491. The number of hydrogen-bond acceptors (Lipinski definition) is 5. The summed E-state index contributed by atoms with van der Waals surface area (Å²) in [6.07, 6.45) is 0.415. The summed E-state index contributed by atoms with van der Waals surface area (Å²) in [6.45, 7) is 1.04. The van der Waals surface area contributed by atoms with Gasteiger partial charge in [-0.05, 0) is 28.7 Å². The number of epoxide rings is 2. The summed E-state index contributed by atoms with van der Waals surface area (Å²) in [5, 5.41) is 21.5. The van der Waals surface area contributed by atoms with Crippen molar-refractivity contribution in [3.63, 3.8) is 0 Å². The van der Waals surface area contributed by atoms with Gasteiger partial charge in [0.1, 0.15) is 24.4 Å². The van der Waals surface area contributed by atoms with E-state index in [9.17, 15) is 10.2 Å². The molecule has 2 aromatic rings. The number of aromatic hydroxyl groups is 2. The zero-order valence-electron chi connectivity index (χ0n) is 12.9. The predicted octanol–water partition coefficient (Wildman–Crippen LogP) is 2.58. The molecule has 1 aliphatic carbocycles. The summed E-state index contributed by atoms with van der Waals surface area (Å²) >= 11 is 0. The van der Waals surface area contributed by atoms with Crippen LogP contribution in [-0.4, -0.2) is 35.6 Å². The molecule has 0 spiro atoms. The average Bonchev–Trinajstić information content (AvgIpc) is 3.48. The van der Waals surface area contributed by atoms with E-state index in [1.807, 2.05) is 18.2 Å². The van der Waals surface area contributed by atoms with E-state index in [1.54, 1.807) is 0 Å². The standard InChI is InChI=1S/C19H16O5/c20-16-13-9-4-2-1-3-8(9)5-10(13)14-15(17(16)21)19-12(24-19)7-22-6-11-18(14)23-11/h1-4,11-12,18-21H,5-7H2. The molecule has 0 aromatic heterocycles. The fourth-order valence-electron chi connectivity index (χ4n) is 4.36. The minimum absolute atomic E-state index is 0.0259. The minimum Gasteiger partial charge on any atom is -0.504 e. The molecule has 0 saturated carbocycles. The highest BCUT2D eigenvalue weighted by Crippen LogP contribution is 2.59. The molecule has 24 heavy (non-hydrogen) atoms.